The van der Waals surface area contributed by atoms with Crippen LogP contribution in [0, 0.1) is 5.92 Å². The van der Waals surface area contributed by atoms with Gasteiger partial charge in [0.2, 0.25) is 0 Å². The summed E-state index contributed by atoms with van der Waals surface area (Å²) in [6.45, 7) is 8.86. The van der Waals surface area contributed by atoms with Crippen molar-refractivity contribution < 1.29 is 9.53 Å². The van der Waals surface area contributed by atoms with Crippen LogP contribution in [-0.2, 0) is 4.74 Å². The summed E-state index contributed by atoms with van der Waals surface area (Å²) in [4.78, 5) is 16.2. The fourth-order valence-electron chi connectivity index (χ4n) is 1.56. The molecule has 1 aromatic rings. The number of carbonyl (C=O) groups is 1. The Morgan fingerprint density at radius 3 is 2.85 bits per heavy atom. The van der Waals surface area contributed by atoms with E-state index in [9.17, 15) is 4.79 Å². The van der Waals surface area contributed by atoms with Gasteiger partial charge in [-0.15, -0.1) is 0 Å². The highest BCUT2D eigenvalue weighted by Gasteiger charge is 2.07. The summed E-state index contributed by atoms with van der Waals surface area (Å²) in [5, 5.41) is 5.96. The lowest BCUT2D eigenvalue weighted by atomic mass is 10.2. The normalized spacial score (nSPS) is 10.6. The molecule has 5 nitrogen and oxygen atoms in total. The topological polar surface area (TPSA) is 63.2 Å². The average molecular weight is 279 g/mol. The molecule has 0 spiro atoms. The predicted molar refractivity (Wildman–Crippen MR) is 81.0 cm³/mol. The van der Waals surface area contributed by atoms with Crippen molar-refractivity contribution in [3.63, 3.8) is 0 Å². The number of aromatic nitrogens is 1. The fourth-order valence-corrected chi connectivity index (χ4v) is 1.56. The van der Waals surface area contributed by atoms with Gasteiger partial charge in [-0.3, -0.25) is 4.79 Å². The van der Waals surface area contributed by atoms with Gasteiger partial charge in [0.25, 0.3) is 5.91 Å². The summed E-state index contributed by atoms with van der Waals surface area (Å²) in [6.07, 6.45) is 1.02. The first kappa shape index (κ1) is 16.4. The summed E-state index contributed by atoms with van der Waals surface area (Å²) < 4.78 is 5.41. The zero-order chi connectivity index (χ0) is 14.8. The van der Waals surface area contributed by atoms with Gasteiger partial charge in [-0.2, -0.15) is 0 Å². The standard InChI is InChI=1S/C15H25N3O2/c1-4-8-16-14-7-5-6-13(18-14)15(19)17-9-10-20-11-12(2)3/h5-7,12H,4,8-11H2,1-3H3,(H,16,18)(H,17,19). The lowest BCUT2D eigenvalue weighted by Gasteiger charge is -2.09. The number of nitrogens with zero attached hydrogens (tertiary/aromatic N) is 1. The van der Waals surface area contributed by atoms with E-state index in [0.29, 0.717) is 31.4 Å². The first-order valence-corrected chi connectivity index (χ1v) is 7.20. The number of amides is 1. The summed E-state index contributed by atoms with van der Waals surface area (Å²) in [6, 6.07) is 5.40. The van der Waals surface area contributed by atoms with Crippen molar-refractivity contribution in [2.45, 2.75) is 27.2 Å². The van der Waals surface area contributed by atoms with Crippen LogP contribution in [-0.4, -0.2) is 37.2 Å². The Morgan fingerprint density at radius 2 is 2.15 bits per heavy atom. The largest absolute Gasteiger partial charge is 0.379 e. The van der Waals surface area contributed by atoms with Gasteiger partial charge < -0.3 is 15.4 Å². The second-order valence-corrected chi connectivity index (χ2v) is 5.06. The molecule has 2 N–H and O–H groups in total. The third-order valence-electron chi connectivity index (χ3n) is 2.52. The van der Waals surface area contributed by atoms with Crippen molar-refractivity contribution in [1.29, 1.82) is 0 Å². The molecule has 0 unspecified atom stereocenters. The van der Waals surface area contributed by atoms with Gasteiger partial charge in [-0.1, -0.05) is 26.8 Å². The van der Waals surface area contributed by atoms with Crippen molar-refractivity contribution in [3.05, 3.63) is 23.9 Å². The summed E-state index contributed by atoms with van der Waals surface area (Å²) in [7, 11) is 0. The maximum absolute atomic E-state index is 11.9. The van der Waals surface area contributed by atoms with E-state index in [4.69, 9.17) is 4.74 Å². The van der Waals surface area contributed by atoms with Gasteiger partial charge in [0.15, 0.2) is 0 Å². The molecule has 0 fully saturated rings. The second kappa shape index (κ2) is 9.31. The van der Waals surface area contributed by atoms with E-state index >= 15 is 0 Å². The Balaban J connectivity index is 2.35. The van der Waals surface area contributed by atoms with Gasteiger partial charge in [-0.05, 0) is 24.5 Å². The average Bonchev–Trinajstić information content (AvgIpc) is 2.44. The number of anilines is 1. The molecule has 0 aliphatic carbocycles. The third kappa shape index (κ3) is 6.52. The highest BCUT2D eigenvalue weighted by Crippen LogP contribution is 2.04. The van der Waals surface area contributed by atoms with Crippen LogP contribution in [0.1, 0.15) is 37.7 Å². The molecule has 5 heteroatoms. The molecule has 112 valence electrons. The monoisotopic (exact) mass is 279 g/mol. The van der Waals surface area contributed by atoms with Crippen molar-refractivity contribution in [2.24, 2.45) is 5.92 Å². The molecule has 0 bridgehead atoms. The zero-order valence-corrected chi connectivity index (χ0v) is 12.6. The molecule has 1 aromatic heterocycles. The molecule has 0 atom stereocenters. The van der Waals surface area contributed by atoms with E-state index in [2.05, 4.69) is 36.4 Å². The van der Waals surface area contributed by atoms with Crippen LogP contribution in [0.5, 0.6) is 0 Å². The predicted octanol–water partition coefficient (Wildman–Crippen LogP) is 2.31. The summed E-state index contributed by atoms with van der Waals surface area (Å²) in [5.41, 5.74) is 0.426. The maximum atomic E-state index is 11.9. The van der Waals surface area contributed by atoms with E-state index in [1.165, 1.54) is 0 Å². The van der Waals surface area contributed by atoms with Crippen LogP contribution < -0.4 is 10.6 Å². The molecule has 0 aliphatic heterocycles. The van der Waals surface area contributed by atoms with E-state index < -0.39 is 0 Å². The summed E-state index contributed by atoms with van der Waals surface area (Å²) >= 11 is 0. The Morgan fingerprint density at radius 1 is 1.35 bits per heavy atom. The molecular formula is C15H25N3O2. The maximum Gasteiger partial charge on any atom is 0.270 e. The Labute approximate surface area is 121 Å². The lowest BCUT2D eigenvalue weighted by Crippen LogP contribution is -2.28. The van der Waals surface area contributed by atoms with Crippen LogP contribution in [0.25, 0.3) is 0 Å². The number of carbonyl (C=O) groups excluding carboxylic acids is 1. The van der Waals surface area contributed by atoms with E-state index in [0.717, 1.165) is 18.8 Å². The minimum absolute atomic E-state index is 0.168. The molecule has 1 heterocycles. The fraction of sp³-hybridized carbons (Fsp3) is 0.600. The molecule has 20 heavy (non-hydrogen) atoms. The first-order chi connectivity index (χ1) is 9.63. The minimum Gasteiger partial charge on any atom is -0.379 e. The number of ether oxygens (including phenoxy) is 1. The van der Waals surface area contributed by atoms with Gasteiger partial charge in [-0.25, -0.2) is 4.98 Å². The number of nitrogens with one attached hydrogen (secondary N) is 2. The van der Waals surface area contributed by atoms with Gasteiger partial charge in [0.1, 0.15) is 11.5 Å². The van der Waals surface area contributed by atoms with E-state index in [-0.39, 0.29) is 5.91 Å². The van der Waals surface area contributed by atoms with Crippen LogP contribution in [0.4, 0.5) is 5.82 Å². The Bertz CT molecular complexity index is 408. The molecule has 0 aromatic carbocycles. The highest BCUT2D eigenvalue weighted by atomic mass is 16.5. The second-order valence-electron chi connectivity index (χ2n) is 5.06. The van der Waals surface area contributed by atoms with Crippen molar-refractivity contribution >= 4 is 11.7 Å². The highest BCUT2D eigenvalue weighted by molar-refractivity contribution is 5.92. The third-order valence-corrected chi connectivity index (χ3v) is 2.52. The number of hydrogen-bond acceptors (Lipinski definition) is 4. The Hall–Kier alpha value is -1.62. The van der Waals surface area contributed by atoms with E-state index in [1.54, 1.807) is 6.07 Å². The van der Waals surface area contributed by atoms with Crippen LogP contribution in [0.3, 0.4) is 0 Å². The summed E-state index contributed by atoms with van der Waals surface area (Å²) in [5.74, 6) is 1.07. The Kier molecular flexibility index (Phi) is 7.65. The number of rotatable bonds is 9. The van der Waals surface area contributed by atoms with Crippen LogP contribution in [0.15, 0.2) is 18.2 Å². The van der Waals surface area contributed by atoms with Gasteiger partial charge in [0.05, 0.1) is 6.61 Å². The number of pyridine rings is 1. The molecule has 0 saturated carbocycles. The zero-order valence-electron chi connectivity index (χ0n) is 12.6. The van der Waals surface area contributed by atoms with Crippen molar-refractivity contribution in [2.75, 3.05) is 31.6 Å². The van der Waals surface area contributed by atoms with Gasteiger partial charge in [0, 0.05) is 19.7 Å². The molecular weight excluding hydrogens is 254 g/mol. The van der Waals surface area contributed by atoms with Crippen LogP contribution >= 0.6 is 0 Å². The van der Waals surface area contributed by atoms with Crippen molar-refractivity contribution in [1.82, 2.24) is 10.3 Å². The van der Waals surface area contributed by atoms with Crippen molar-refractivity contribution in [3.8, 4) is 0 Å². The molecule has 0 saturated heterocycles. The molecule has 0 aliphatic rings. The molecule has 1 rings (SSSR count). The van der Waals surface area contributed by atoms with E-state index in [1.807, 2.05) is 12.1 Å². The number of hydrogen-bond donors (Lipinski definition) is 2. The van der Waals surface area contributed by atoms with Gasteiger partial charge >= 0.3 is 0 Å². The smallest absolute Gasteiger partial charge is 0.270 e. The molecule has 0 radical (unpaired) electrons. The molecule has 1 amide bonds. The SMILES string of the molecule is CCCNc1cccc(C(=O)NCCOCC(C)C)n1. The quantitative estimate of drug-likeness (QED) is 0.681. The van der Waals surface area contributed by atoms with Crippen LogP contribution in [0.2, 0.25) is 0 Å². The minimum atomic E-state index is -0.168. The lowest BCUT2D eigenvalue weighted by molar-refractivity contribution is 0.0882. The first-order valence-electron chi connectivity index (χ1n) is 7.20.